The fraction of sp³-hybridized carbons (Fsp3) is 0.412. The quantitative estimate of drug-likeness (QED) is 0.340. The van der Waals surface area contributed by atoms with E-state index in [0.29, 0.717) is 12.3 Å². The average molecular weight is 364 g/mol. The highest BCUT2D eigenvalue weighted by Gasteiger charge is 2.22. The first kappa shape index (κ1) is 19.2. The molecule has 0 unspecified atom stereocenters. The normalized spacial score (nSPS) is 13.7. The van der Waals surface area contributed by atoms with E-state index in [0.717, 1.165) is 6.08 Å². The number of carbonyl (C=O) groups is 2. The van der Waals surface area contributed by atoms with E-state index in [4.69, 9.17) is 14.2 Å². The van der Waals surface area contributed by atoms with Gasteiger partial charge in [-0.15, -0.1) is 0 Å². The Bertz CT molecular complexity index is 743. The van der Waals surface area contributed by atoms with Gasteiger partial charge in [0.2, 0.25) is 6.79 Å². The van der Waals surface area contributed by atoms with Crippen molar-refractivity contribution in [1.82, 2.24) is 5.32 Å². The van der Waals surface area contributed by atoms with Crippen LogP contribution in [0.3, 0.4) is 0 Å². The number of amides is 1. The molecule has 1 amide bonds. The van der Waals surface area contributed by atoms with Gasteiger partial charge in [0.25, 0.3) is 11.6 Å². The van der Waals surface area contributed by atoms with Crippen molar-refractivity contribution in [2.24, 2.45) is 5.92 Å². The molecule has 1 heterocycles. The maximum absolute atomic E-state index is 11.9. The lowest BCUT2D eigenvalue weighted by molar-refractivity contribution is -0.385. The average Bonchev–Trinajstić information content (AvgIpc) is 3.03. The Balaban J connectivity index is 2.04. The summed E-state index contributed by atoms with van der Waals surface area (Å²) in [5, 5.41) is 13.8. The fourth-order valence-corrected chi connectivity index (χ4v) is 2.11. The molecule has 0 saturated heterocycles. The molecule has 1 aromatic rings. The molecule has 1 aliphatic heterocycles. The van der Waals surface area contributed by atoms with E-state index in [1.165, 1.54) is 25.1 Å². The molecule has 0 aromatic heterocycles. The molecule has 1 atom stereocenters. The highest BCUT2D eigenvalue weighted by molar-refractivity contribution is 5.91. The van der Waals surface area contributed by atoms with Gasteiger partial charge in [-0.3, -0.25) is 14.9 Å². The van der Waals surface area contributed by atoms with Crippen LogP contribution in [0.2, 0.25) is 0 Å². The van der Waals surface area contributed by atoms with E-state index in [1.807, 2.05) is 13.8 Å². The van der Waals surface area contributed by atoms with Crippen molar-refractivity contribution in [3.8, 4) is 11.5 Å². The Morgan fingerprint density at radius 3 is 2.58 bits per heavy atom. The second kappa shape index (κ2) is 8.32. The van der Waals surface area contributed by atoms with E-state index in [9.17, 15) is 19.7 Å². The minimum Gasteiger partial charge on any atom is -0.454 e. The lowest BCUT2D eigenvalue weighted by Crippen LogP contribution is -2.37. The number of nitro groups is 1. The number of ether oxygens (including phenoxy) is 3. The molecule has 0 bridgehead atoms. The zero-order valence-electron chi connectivity index (χ0n) is 14.7. The van der Waals surface area contributed by atoms with Crippen molar-refractivity contribution in [3.05, 3.63) is 33.9 Å². The topological polar surface area (TPSA) is 117 Å². The van der Waals surface area contributed by atoms with Crippen molar-refractivity contribution in [3.63, 3.8) is 0 Å². The Hall–Kier alpha value is -3.10. The molecule has 0 radical (unpaired) electrons. The van der Waals surface area contributed by atoms with Gasteiger partial charge in [-0.05, 0) is 25.0 Å². The second-order valence-corrected chi connectivity index (χ2v) is 6.07. The minimum absolute atomic E-state index is 0.0231. The first-order valence-corrected chi connectivity index (χ1v) is 8.02. The van der Waals surface area contributed by atoms with E-state index in [-0.39, 0.29) is 29.7 Å². The molecule has 2 rings (SSSR count). The van der Waals surface area contributed by atoms with Gasteiger partial charge in [-0.1, -0.05) is 13.8 Å². The summed E-state index contributed by atoms with van der Waals surface area (Å²) in [6.07, 6.45) is 1.29. The number of benzene rings is 1. The van der Waals surface area contributed by atoms with Gasteiger partial charge in [0.1, 0.15) is 0 Å². The van der Waals surface area contributed by atoms with Crippen LogP contribution in [0.25, 0.3) is 6.08 Å². The SMILES string of the molecule is CC(C)CNC(=O)[C@@H](C)OC(=O)/C=C/c1cc2c(cc1[N+](=O)[O-])OCO2. The van der Waals surface area contributed by atoms with Crippen LogP contribution in [0.5, 0.6) is 11.5 Å². The number of esters is 1. The lowest BCUT2D eigenvalue weighted by Gasteiger charge is -2.13. The van der Waals surface area contributed by atoms with E-state index >= 15 is 0 Å². The zero-order valence-corrected chi connectivity index (χ0v) is 14.7. The summed E-state index contributed by atoms with van der Waals surface area (Å²) in [4.78, 5) is 34.2. The van der Waals surface area contributed by atoms with Gasteiger partial charge < -0.3 is 19.5 Å². The van der Waals surface area contributed by atoms with Crippen LogP contribution in [0.15, 0.2) is 18.2 Å². The van der Waals surface area contributed by atoms with Crippen LogP contribution < -0.4 is 14.8 Å². The van der Waals surface area contributed by atoms with Gasteiger partial charge in [0, 0.05) is 12.6 Å². The molecule has 1 aliphatic rings. The number of nitro benzene ring substituents is 1. The standard InChI is InChI=1S/C17H20N2O7/c1-10(2)8-18-17(21)11(3)26-16(20)5-4-12-6-14-15(25-9-24-14)7-13(12)19(22)23/h4-7,10-11H,8-9H2,1-3H3,(H,18,21)/b5-4+/t11-/m1/s1. The third-order valence-electron chi connectivity index (χ3n) is 3.46. The van der Waals surface area contributed by atoms with Gasteiger partial charge in [0.15, 0.2) is 17.6 Å². The number of nitrogens with zero attached hydrogens (tertiary/aromatic N) is 1. The Labute approximate surface area is 150 Å². The smallest absolute Gasteiger partial charge is 0.331 e. The summed E-state index contributed by atoms with van der Waals surface area (Å²) in [6.45, 7) is 5.78. The van der Waals surface area contributed by atoms with Crippen LogP contribution in [0.1, 0.15) is 26.3 Å². The molecule has 26 heavy (non-hydrogen) atoms. The first-order valence-electron chi connectivity index (χ1n) is 8.02. The summed E-state index contributed by atoms with van der Waals surface area (Å²) in [6, 6.07) is 2.64. The maximum Gasteiger partial charge on any atom is 0.331 e. The fourth-order valence-electron chi connectivity index (χ4n) is 2.11. The third-order valence-corrected chi connectivity index (χ3v) is 3.46. The Kier molecular flexibility index (Phi) is 6.16. The molecule has 0 aliphatic carbocycles. The maximum atomic E-state index is 11.9. The monoisotopic (exact) mass is 364 g/mol. The molecule has 9 nitrogen and oxygen atoms in total. The number of hydrogen-bond acceptors (Lipinski definition) is 7. The predicted octanol–water partition coefficient (Wildman–Crippen LogP) is 2.04. The summed E-state index contributed by atoms with van der Waals surface area (Å²) in [7, 11) is 0. The molecule has 1 N–H and O–H groups in total. The first-order chi connectivity index (χ1) is 12.3. The predicted molar refractivity (Wildman–Crippen MR) is 91.7 cm³/mol. The highest BCUT2D eigenvalue weighted by atomic mass is 16.7. The molecule has 0 spiro atoms. The van der Waals surface area contributed by atoms with E-state index in [1.54, 1.807) is 0 Å². The molecule has 9 heteroatoms. The van der Waals surface area contributed by atoms with Crippen LogP contribution in [-0.2, 0) is 14.3 Å². The number of hydrogen-bond donors (Lipinski definition) is 1. The van der Waals surface area contributed by atoms with Crippen molar-refractivity contribution < 1.29 is 28.7 Å². The van der Waals surface area contributed by atoms with Gasteiger partial charge in [-0.25, -0.2) is 4.79 Å². The number of nitrogens with one attached hydrogen (secondary N) is 1. The Morgan fingerprint density at radius 2 is 1.96 bits per heavy atom. The number of rotatable bonds is 7. The van der Waals surface area contributed by atoms with E-state index < -0.39 is 22.9 Å². The van der Waals surface area contributed by atoms with Crippen molar-refractivity contribution in [2.75, 3.05) is 13.3 Å². The molecule has 0 fully saturated rings. The molecule has 1 aromatic carbocycles. The van der Waals surface area contributed by atoms with E-state index in [2.05, 4.69) is 5.32 Å². The van der Waals surface area contributed by atoms with Gasteiger partial charge >= 0.3 is 5.97 Å². The van der Waals surface area contributed by atoms with Crippen LogP contribution in [0, 0.1) is 16.0 Å². The summed E-state index contributed by atoms with van der Waals surface area (Å²) in [5.41, 5.74) is -0.0749. The molecular formula is C17H20N2O7. The van der Waals surface area contributed by atoms with Gasteiger partial charge in [0.05, 0.1) is 16.6 Å². The number of carbonyl (C=O) groups excluding carboxylic acids is 2. The Morgan fingerprint density at radius 1 is 1.31 bits per heavy atom. The third kappa shape index (κ3) is 4.95. The largest absolute Gasteiger partial charge is 0.454 e. The minimum atomic E-state index is -0.974. The number of fused-ring (bicyclic) bond motifs is 1. The van der Waals surface area contributed by atoms with Crippen molar-refractivity contribution in [2.45, 2.75) is 26.9 Å². The van der Waals surface area contributed by atoms with Crippen molar-refractivity contribution in [1.29, 1.82) is 0 Å². The zero-order chi connectivity index (χ0) is 19.3. The molecule has 0 saturated carbocycles. The van der Waals surface area contributed by atoms with Crippen LogP contribution in [0.4, 0.5) is 5.69 Å². The summed E-state index contributed by atoms with van der Waals surface area (Å²) < 4.78 is 15.3. The second-order valence-electron chi connectivity index (χ2n) is 6.07. The highest BCUT2D eigenvalue weighted by Crippen LogP contribution is 2.38. The van der Waals surface area contributed by atoms with Crippen LogP contribution >= 0.6 is 0 Å². The summed E-state index contributed by atoms with van der Waals surface area (Å²) in [5.74, 6) is -0.302. The van der Waals surface area contributed by atoms with Crippen LogP contribution in [-0.4, -0.2) is 36.2 Å². The lowest BCUT2D eigenvalue weighted by atomic mass is 10.1. The molecular weight excluding hydrogens is 344 g/mol. The van der Waals surface area contributed by atoms with Gasteiger partial charge in [-0.2, -0.15) is 0 Å². The summed E-state index contributed by atoms with van der Waals surface area (Å²) >= 11 is 0. The van der Waals surface area contributed by atoms with Crippen molar-refractivity contribution >= 4 is 23.6 Å². The molecule has 140 valence electrons.